The minimum Gasteiger partial charge on any atom is -0.507 e. The largest absolute Gasteiger partial charge is 0.507 e. The summed E-state index contributed by atoms with van der Waals surface area (Å²) in [4.78, 5) is 93.9. The number of phenols is 2. The van der Waals surface area contributed by atoms with Gasteiger partial charge in [0, 0.05) is 48.4 Å². The standard InChI is InChI=1S/C36H38N2O15/c1-15-10-16(11-19(37)31(15)44)52-21-13-36(49,22(39)14-51-25(42)8-9-26(43)53-38-23(40)6-7-24(38)41)12-18-28(21)35(48)30-29(33(18)46)32(45)17-4-3-5-20(50-2)27(17)34(30)47/h3-5,15-16,19,21,31,44,46,48-49H,6-14,37H2,1-2H3/t15-,16?,19+,21+,31-,36+/m1/s1. The van der Waals surface area contributed by atoms with Gasteiger partial charge in [-0.3, -0.25) is 28.8 Å². The van der Waals surface area contributed by atoms with E-state index >= 15 is 0 Å². The lowest BCUT2D eigenvalue weighted by atomic mass is 9.71. The van der Waals surface area contributed by atoms with Gasteiger partial charge in [-0.15, -0.1) is 5.06 Å². The molecule has 6 atom stereocenters. The van der Waals surface area contributed by atoms with Crippen LogP contribution in [-0.2, 0) is 44.7 Å². The Kier molecular flexibility index (Phi) is 10.1. The van der Waals surface area contributed by atoms with Gasteiger partial charge >= 0.3 is 11.9 Å². The molecule has 0 bridgehead atoms. The van der Waals surface area contributed by atoms with E-state index in [0.29, 0.717) is 5.06 Å². The molecule has 0 spiro atoms. The Morgan fingerprint density at radius 1 is 0.943 bits per heavy atom. The molecule has 1 heterocycles. The highest BCUT2D eigenvalue weighted by molar-refractivity contribution is 6.31. The van der Waals surface area contributed by atoms with E-state index in [1.807, 2.05) is 0 Å². The number of hydroxylamine groups is 2. The van der Waals surface area contributed by atoms with E-state index in [9.17, 15) is 54.0 Å². The van der Waals surface area contributed by atoms with E-state index in [1.165, 1.54) is 25.3 Å². The predicted octanol–water partition coefficient (Wildman–Crippen LogP) is 0.603. The van der Waals surface area contributed by atoms with Crippen LogP contribution in [0.3, 0.4) is 0 Å². The van der Waals surface area contributed by atoms with Crippen molar-refractivity contribution in [2.75, 3.05) is 13.7 Å². The quantitative estimate of drug-likeness (QED) is 0.108. The third-order valence-electron chi connectivity index (χ3n) is 10.2. The molecule has 0 aromatic heterocycles. The second-order valence-electron chi connectivity index (χ2n) is 13.8. The molecular formula is C36H38N2O15. The Hall–Kier alpha value is -5.23. The van der Waals surface area contributed by atoms with Gasteiger partial charge in [0.05, 0.1) is 55.0 Å². The van der Waals surface area contributed by atoms with Crippen molar-refractivity contribution >= 4 is 41.1 Å². The monoisotopic (exact) mass is 738 g/mol. The van der Waals surface area contributed by atoms with Gasteiger partial charge in [-0.25, -0.2) is 4.79 Å². The van der Waals surface area contributed by atoms with Gasteiger partial charge in [0.2, 0.25) is 11.6 Å². The van der Waals surface area contributed by atoms with Gasteiger partial charge in [0.15, 0.2) is 12.4 Å². The smallest absolute Gasteiger partial charge is 0.333 e. The van der Waals surface area contributed by atoms with Crippen molar-refractivity contribution in [1.29, 1.82) is 0 Å². The van der Waals surface area contributed by atoms with E-state index in [1.54, 1.807) is 6.92 Å². The Morgan fingerprint density at radius 2 is 1.60 bits per heavy atom. The number of carbonyl (C=O) groups is 7. The number of nitrogens with zero attached hydrogens (tertiary/aromatic N) is 1. The Labute approximate surface area is 301 Å². The van der Waals surface area contributed by atoms with Crippen molar-refractivity contribution in [1.82, 2.24) is 5.06 Å². The highest BCUT2D eigenvalue weighted by Gasteiger charge is 2.50. The maximum Gasteiger partial charge on any atom is 0.333 e. The summed E-state index contributed by atoms with van der Waals surface area (Å²) in [5.74, 6) is -7.98. The maximum absolute atomic E-state index is 13.9. The summed E-state index contributed by atoms with van der Waals surface area (Å²) in [7, 11) is 1.30. The summed E-state index contributed by atoms with van der Waals surface area (Å²) >= 11 is 0. The van der Waals surface area contributed by atoms with Crippen LogP contribution in [-0.4, -0.2) is 104 Å². The molecule has 6 N–H and O–H groups in total. The first-order valence-electron chi connectivity index (χ1n) is 17.0. The first-order chi connectivity index (χ1) is 25.1. The summed E-state index contributed by atoms with van der Waals surface area (Å²) < 4.78 is 16.7. The number of rotatable bonds is 10. The van der Waals surface area contributed by atoms with Crippen LogP contribution >= 0.6 is 0 Å². The Bertz CT molecular complexity index is 1910. The molecule has 6 rings (SSSR count). The van der Waals surface area contributed by atoms with E-state index in [4.69, 9.17) is 24.8 Å². The van der Waals surface area contributed by atoms with Crippen molar-refractivity contribution < 1.29 is 73.0 Å². The summed E-state index contributed by atoms with van der Waals surface area (Å²) in [5.41, 5.74) is 2.04. The minimum atomic E-state index is -2.42. The van der Waals surface area contributed by atoms with Crippen LogP contribution in [0, 0.1) is 5.92 Å². The number of hydrogen-bond donors (Lipinski definition) is 5. The normalized spacial score (nSPS) is 26.4. The van der Waals surface area contributed by atoms with E-state index in [2.05, 4.69) is 0 Å². The number of hydrogen-bond acceptors (Lipinski definition) is 16. The van der Waals surface area contributed by atoms with Crippen LogP contribution in [0.25, 0.3) is 0 Å². The number of phenolic OH excluding ortho intramolecular Hbond substituents is 2. The molecule has 17 heteroatoms. The lowest BCUT2D eigenvalue weighted by molar-refractivity contribution is -0.197. The number of aromatic hydroxyl groups is 2. The van der Waals surface area contributed by atoms with Gasteiger partial charge in [0.1, 0.15) is 22.8 Å². The maximum atomic E-state index is 13.9. The lowest BCUT2D eigenvalue weighted by Crippen LogP contribution is -2.50. The molecule has 2 fully saturated rings. The molecule has 4 aliphatic rings. The van der Waals surface area contributed by atoms with Crippen LogP contribution < -0.4 is 10.5 Å². The average Bonchev–Trinajstić information content (AvgIpc) is 3.43. The SMILES string of the molecule is COc1cccc2c1C(=O)c1c(O)c3c(c(O)c1C2=O)C[C@@](O)(C(=O)COC(=O)CCC(=O)ON1C(=O)CCC1=O)C[C@@H]3OC1C[C@@H](C)[C@@H](O)[C@@H](N)C1. The topological polar surface area (TPSA) is 267 Å². The van der Waals surface area contributed by atoms with Gasteiger partial charge in [-0.05, 0) is 24.8 Å². The summed E-state index contributed by atoms with van der Waals surface area (Å²) in [6.45, 7) is 0.748. The molecular weight excluding hydrogens is 700 g/mol. The molecule has 1 saturated carbocycles. The number of nitrogens with two attached hydrogens (primary N) is 1. The van der Waals surface area contributed by atoms with E-state index < -0.39 is 126 Å². The van der Waals surface area contributed by atoms with Crippen LogP contribution in [0.2, 0.25) is 0 Å². The first-order valence-corrected chi connectivity index (χ1v) is 17.0. The Balaban J connectivity index is 1.27. The number of aliphatic hydroxyl groups is 2. The number of Topliss-reactive ketones (excluding diaryl/α,β-unsaturated/α-hetero) is 1. The summed E-state index contributed by atoms with van der Waals surface area (Å²) in [5, 5.41) is 46.0. The van der Waals surface area contributed by atoms with Gasteiger partial charge in [-0.1, -0.05) is 19.1 Å². The average molecular weight is 739 g/mol. The number of imide groups is 1. The number of aliphatic hydroxyl groups excluding tert-OH is 1. The van der Waals surface area contributed by atoms with Crippen LogP contribution in [0.1, 0.15) is 101 Å². The minimum absolute atomic E-state index is 0.0582. The first kappa shape index (κ1) is 37.5. The number of fused-ring (bicyclic) bond motifs is 3. The molecule has 17 nitrogen and oxygen atoms in total. The fourth-order valence-corrected chi connectivity index (χ4v) is 7.47. The van der Waals surface area contributed by atoms with Crippen molar-refractivity contribution in [3.05, 3.63) is 51.6 Å². The zero-order valence-electron chi connectivity index (χ0n) is 28.8. The fourth-order valence-electron chi connectivity index (χ4n) is 7.47. The molecule has 2 aromatic rings. The van der Waals surface area contributed by atoms with Crippen molar-refractivity contribution in [3.63, 3.8) is 0 Å². The van der Waals surface area contributed by atoms with Crippen LogP contribution in [0.4, 0.5) is 0 Å². The Morgan fingerprint density at radius 3 is 2.26 bits per heavy atom. The third-order valence-corrected chi connectivity index (χ3v) is 10.2. The van der Waals surface area contributed by atoms with Crippen LogP contribution in [0.15, 0.2) is 18.2 Å². The zero-order chi connectivity index (χ0) is 38.5. The number of esters is 1. The molecule has 1 unspecified atom stereocenters. The van der Waals surface area contributed by atoms with Crippen molar-refractivity contribution in [2.24, 2.45) is 11.7 Å². The van der Waals surface area contributed by atoms with Gasteiger partial charge in [-0.2, -0.15) is 0 Å². The van der Waals surface area contributed by atoms with Crippen LogP contribution in [0.5, 0.6) is 17.2 Å². The van der Waals surface area contributed by atoms with Gasteiger partial charge in [0.25, 0.3) is 11.8 Å². The van der Waals surface area contributed by atoms with Crippen molar-refractivity contribution in [2.45, 2.75) is 88.2 Å². The second-order valence-corrected chi connectivity index (χ2v) is 13.8. The molecule has 282 valence electrons. The molecule has 1 saturated heterocycles. The van der Waals surface area contributed by atoms with Gasteiger partial charge < -0.3 is 45.2 Å². The number of benzene rings is 2. The predicted molar refractivity (Wildman–Crippen MR) is 175 cm³/mol. The number of carbonyl (C=O) groups excluding carboxylic acids is 7. The highest BCUT2D eigenvalue weighted by Crippen LogP contribution is 2.52. The second kappa shape index (κ2) is 14.3. The molecule has 2 aromatic carbocycles. The number of methoxy groups -OCH3 is 1. The summed E-state index contributed by atoms with van der Waals surface area (Å²) in [6, 6.07) is 3.58. The molecule has 53 heavy (non-hydrogen) atoms. The third kappa shape index (κ3) is 6.76. The highest BCUT2D eigenvalue weighted by atomic mass is 16.7. The molecule has 3 aliphatic carbocycles. The molecule has 1 aliphatic heterocycles. The zero-order valence-corrected chi connectivity index (χ0v) is 28.8. The molecule has 0 radical (unpaired) electrons. The fraction of sp³-hybridized carbons (Fsp3) is 0.472. The molecule has 2 amide bonds. The van der Waals surface area contributed by atoms with E-state index in [0.717, 1.165) is 0 Å². The lowest BCUT2D eigenvalue weighted by Gasteiger charge is -2.42. The number of ketones is 3. The van der Waals surface area contributed by atoms with Crippen molar-refractivity contribution in [3.8, 4) is 17.2 Å². The number of amides is 2. The number of ether oxygens (including phenoxy) is 3. The summed E-state index contributed by atoms with van der Waals surface area (Å²) in [6.07, 6.45) is -5.18. The van der Waals surface area contributed by atoms with E-state index in [-0.39, 0.29) is 59.6 Å².